The Hall–Kier alpha value is -1.18. The molecular formula is C7H9F2N3O2S. The van der Waals surface area contributed by atoms with Gasteiger partial charge in [0.15, 0.2) is 5.16 Å². The van der Waals surface area contributed by atoms with E-state index in [1.54, 1.807) is 6.92 Å². The molecule has 0 radical (unpaired) electrons. The number of hydrogen-bond donors (Lipinski definition) is 1. The number of nitrogens with zero attached hydrogens (tertiary/aromatic N) is 3. The average molecular weight is 237 g/mol. The molecule has 0 amide bonds. The van der Waals surface area contributed by atoms with Crippen LogP contribution in [0.1, 0.15) is 19.2 Å². The Balaban J connectivity index is 2.84. The molecule has 0 atom stereocenters. The number of aromatic nitrogens is 3. The zero-order valence-electron chi connectivity index (χ0n) is 7.85. The predicted molar refractivity (Wildman–Crippen MR) is 49.0 cm³/mol. The maximum atomic E-state index is 12.4. The van der Waals surface area contributed by atoms with Crippen LogP contribution in [0.25, 0.3) is 0 Å². The van der Waals surface area contributed by atoms with Gasteiger partial charge in [0.1, 0.15) is 0 Å². The third kappa shape index (κ3) is 2.88. The fraction of sp³-hybridized carbons (Fsp3) is 0.571. The SMILES string of the molecule is CCn1c(SCC(=O)O)nnc1C(F)F. The molecule has 0 aliphatic carbocycles. The van der Waals surface area contributed by atoms with Crippen LogP contribution in [0, 0.1) is 0 Å². The van der Waals surface area contributed by atoms with E-state index in [0.29, 0.717) is 0 Å². The first kappa shape index (κ1) is 11.9. The first-order valence-electron chi connectivity index (χ1n) is 4.12. The van der Waals surface area contributed by atoms with Crippen LogP contribution >= 0.6 is 11.8 Å². The Morgan fingerprint density at radius 2 is 2.27 bits per heavy atom. The zero-order valence-corrected chi connectivity index (χ0v) is 8.67. The van der Waals surface area contributed by atoms with Gasteiger partial charge in [0.05, 0.1) is 5.75 Å². The molecule has 0 spiro atoms. The van der Waals surface area contributed by atoms with E-state index in [1.807, 2.05) is 0 Å². The van der Waals surface area contributed by atoms with Gasteiger partial charge in [-0.3, -0.25) is 4.79 Å². The summed E-state index contributed by atoms with van der Waals surface area (Å²) in [6, 6.07) is 0. The summed E-state index contributed by atoms with van der Waals surface area (Å²) in [5.74, 6) is -1.67. The van der Waals surface area contributed by atoms with Gasteiger partial charge in [0, 0.05) is 6.54 Å². The van der Waals surface area contributed by atoms with Crippen molar-refractivity contribution >= 4 is 17.7 Å². The number of carbonyl (C=O) groups is 1. The highest BCUT2D eigenvalue weighted by Crippen LogP contribution is 2.22. The smallest absolute Gasteiger partial charge is 0.313 e. The van der Waals surface area contributed by atoms with Crippen molar-refractivity contribution in [1.82, 2.24) is 14.8 Å². The summed E-state index contributed by atoms with van der Waals surface area (Å²) >= 11 is 0.874. The molecule has 0 aliphatic rings. The van der Waals surface area contributed by atoms with Crippen molar-refractivity contribution in [2.45, 2.75) is 25.1 Å². The molecule has 15 heavy (non-hydrogen) atoms. The number of alkyl halides is 2. The summed E-state index contributed by atoms with van der Waals surface area (Å²) in [5, 5.41) is 15.5. The lowest BCUT2D eigenvalue weighted by Crippen LogP contribution is -2.05. The van der Waals surface area contributed by atoms with Gasteiger partial charge < -0.3 is 9.67 Å². The van der Waals surface area contributed by atoms with Crippen molar-refractivity contribution < 1.29 is 18.7 Å². The van der Waals surface area contributed by atoms with E-state index in [1.165, 1.54) is 4.57 Å². The molecule has 84 valence electrons. The van der Waals surface area contributed by atoms with Crippen molar-refractivity contribution in [1.29, 1.82) is 0 Å². The van der Waals surface area contributed by atoms with E-state index in [-0.39, 0.29) is 17.5 Å². The lowest BCUT2D eigenvalue weighted by molar-refractivity contribution is -0.133. The number of thioether (sulfide) groups is 1. The number of carboxylic acids is 1. The van der Waals surface area contributed by atoms with Crippen molar-refractivity contribution in [3.63, 3.8) is 0 Å². The van der Waals surface area contributed by atoms with Crippen molar-refractivity contribution in [3.8, 4) is 0 Å². The first-order chi connectivity index (χ1) is 7.06. The van der Waals surface area contributed by atoms with Gasteiger partial charge in [-0.2, -0.15) is 0 Å². The predicted octanol–water partition coefficient (Wildman–Crippen LogP) is 1.41. The summed E-state index contributed by atoms with van der Waals surface area (Å²) in [7, 11) is 0. The van der Waals surface area contributed by atoms with Crippen LogP contribution in [0.3, 0.4) is 0 Å². The van der Waals surface area contributed by atoms with Gasteiger partial charge in [-0.1, -0.05) is 11.8 Å². The summed E-state index contributed by atoms with van der Waals surface area (Å²) in [4.78, 5) is 10.3. The van der Waals surface area contributed by atoms with E-state index < -0.39 is 18.2 Å². The van der Waals surface area contributed by atoms with Crippen LogP contribution in [0.2, 0.25) is 0 Å². The van der Waals surface area contributed by atoms with Crippen molar-refractivity contribution in [2.75, 3.05) is 5.75 Å². The lowest BCUT2D eigenvalue weighted by Gasteiger charge is -2.04. The van der Waals surface area contributed by atoms with E-state index in [0.717, 1.165) is 11.8 Å². The molecular weight excluding hydrogens is 228 g/mol. The number of halogens is 2. The highest BCUT2D eigenvalue weighted by atomic mass is 32.2. The molecule has 5 nitrogen and oxygen atoms in total. The van der Waals surface area contributed by atoms with E-state index in [9.17, 15) is 13.6 Å². The molecule has 0 unspecified atom stereocenters. The van der Waals surface area contributed by atoms with E-state index in [2.05, 4.69) is 10.2 Å². The van der Waals surface area contributed by atoms with Gasteiger partial charge in [-0.05, 0) is 6.92 Å². The Labute approximate surface area is 88.5 Å². The van der Waals surface area contributed by atoms with Gasteiger partial charge in [-0.15, -0.1) is 10.2 Å². The quantitative estimate of drug-likeness (QED) is 0.784. The van der Waals surface area contributed by atoms with Crippen LogP contribution < -0.4 is 0 Å². The largest absolute Gasteiger partial charge is 0.481 e. The molecule has 0 fully saturated rings. The third-order valence-corrected chi connectivity index (χ3v) is 2.53. The minimum absolute atomic E-state index is 0.204. The minimum Gasteiger partial charge on any atom is -0.481 e. The molecule has 0 aliphatic heterocycles. The average Bonchev–Trinajstić information content (AvgIpc) is 2.57. The lowest BCUT2D eigenvalue weighted by atomic mass is 10.6. The number of hydrogen-bond acceptors (Lipinski definition) is 4. The summed E-state index contributed by atoms with van der Waals surface area (Å²) in [6.07, 6.45) is -2.70. The van der Waals surface area contributed by atoms with Gasteiger partial charge in [0.2, 0.25) is 5.82 Å². The zero-order chi connectivity index (χ0) is 11.4. The molecule has 0 aromatic carbocycles. The standard InChI is InChI=1S/C7H9F2N3O2S/c1-2-12-6(5(8)9)10-11-7(12)15-3-4(13)14/h5H,2-3H2,1H3,(H,13,14). The normalized spacial score (nSPS) is 10.9. The maximum Gasteiger partial charge on any atom is 0.313 e. The van der Waals surface area contributed by atoms with Crippen molar-refractivity contribution in [3.05, 3.63) is 5.82 Å². The third-order valence-electron chi connectivity index (χ3n) is 1.58. The Morgan fingerprint density at radius 1 is 1.60 bits per heavy atom. The van der Waals surface area contributed by atoms with Crippen molar-refractivity contribution in [2.24, 2.45) is 0 Å². The van der Waals surface area contributed by atoms with Crippen LogP contribution in [-0.2, 0) is 11.3 Å². The van der Waals surface area contributed by atoms with E-state index in [4.69, 9.17) is 5.11 Å². The highest BCUT2D eigenvalue weighted by molar-refractivity contribution is 7.99. The molecule has 0 saturated carbocycles. The Morgan fingerprint density at radius 3 is 2.73 bits per heavy atom. The second-order valence-corrected chi connectivity index (χ2v) is 3.51. The highest BCUT2D eigenvalue weighted by Gasteiger charge is 2.19. The van der Waals surface area contributed by atoms with E-state index >= 15 is 0 Å². The fourth-order valence-electron chi connectivity index (χ4n) is 0.992. The van der Waals surface area contributed by atoms with Gasteiger partial charge in [-0.25, -0.2) is 8.78 Å². The monoisotopic (exact) mass is 237 g/mol. The molecule has 1 N–H and O–H groups in total. The molecule has 1 rings (SSSR count). The Bertz CT molecular complexity index is 356. The fourth-order valence-corrected chi connectivity index (χ4v) is 1.72. The molecule has 1 aromatic rings. The van der Waals surface area contributed by atoms with Crippen LogP contribution in [0.5, 0.6) is 0 Å². The summed E-state index contributed by atoms with van der Waals surface area (Å²) in [5.41, 5.74) is 0. The van der Waals surface area contributed by atoms with Gasteiger partial charge in [0.25, 0.3) is 6.43 Å². The number of aliphatic carboxylic acids is 1. The molecule has 0 saturated heterocycles. The first-order valence-corrected chi connectivity index (χ1v) is 5.10. The summed E-state index contributed by atoms with van der Waals surface area (Å²) in [6.45, 7) is 1.95. The second-order valence-electron chi connectivity index (χ2n) is 2.57. The Kier molecular flexibility index (Phi) is 4.01. The number of rotatable bonds is 5. The molecule has 1 heterocycles. The summed E-state index contributed by atoms with van der Waals surface area (Å²) < 4.78 is 26.0. The topological polar surface area (TPSA) is 68.0 Å². The maximum absolute atomic E-state index is 12.4. The van der Waals surface area contributed by atoms with Crippen LogP contribution in [-0.4, -0.2) is 31.6 Å². The second kappa shape index (κ2) is 5.06. The molecule has 1 aromatic heterocycles. The van der Waals surface area contributed by atoms with Gasteiger partial charge >= 0.3 is 5.97 Å². The molecule has 0 bridgehead atoms. The van der Waals surface area contributed by atoms with Crippen LogP contribution in [0.4, 0.5) is 8.78 Å². The number of carboxylic acid groups (broad SMARTS) is 1. The minimum atomic E-state index is -2.70. The van der Waals surface area contributed by atoms with Crippen LogP contribution in [0.15, 0.2) is 5.16 Å². The molecule has 8 heteroatoms.